The lowest BCUT2D eigenvalue weighted by Crippen LogP contribution is -2.13. The predicted molar refractivity (Wildman–Crippen MR) is 294 cm³/mol. The molecule has 0 fully saturated rings. The largest absolute Gasteiger partial charge is 0.459 e. The fourth-order valence-corrected chi connectivity index (χ4v) is 10.3. The summed E-state index contributed by atoms with van der Waals surface area (Å²) in [7, 11) is 0. The molecule has 338 valence electrons. The number of nitrogens with zero attached hydrogens (tertiary/aromatic N) is 2. The van der Waals surface area contributed by atoms with Crippen molar-refractivity contribution in [3.8, 4) is 0 Å². The fourth-order valence-electron chi connectivity index (χ4n) is 10.3. The number of hydrogen-bond donors (Lipinski definition) is 0. The summed E-state index contributed by atoms with van der Waals surface area (Å²) in [6, 6.07) is 47.3. The smallest absolute Gasteiger partial charge is 0.159 e. The van der Waals surface area contributed by atoms with Crippen LogP contribution in [-0.2, 0) is 0 Å². The number of rotatable bonds is 8. The van der Waals surface area contributed by atoms with E-state index in [1.165, 1.54) is 71.3 Å². The van der Waals surface area contributed by atoms with E-state index in [0.29, 0.717) is 0 Å². The maximum absolute atomic E-state index is 6.90. The zero-order chi connectivity index (χ0) is 47.7. The Hall–Kier alpha value is -7.56. The van der Waals surface area contributed by atoms with Gasteiger partial charge in [0.15, 0.2) is 11.2 Å². The minimum Gasteiger partial charge on any atom is -0.459 e. The van der Waals surface area contributed by atoms with Gasteiger partial charge in [-0.15, -0.1) is 0 Å². The van der Waals surface area contributed by atoms with Crippen LogP contribution < -0.4 is 9.80 Å². The van der Waals surface area contributed by atoms with Crippen molar-refractivity contribution in [1.82, 2.24) is 0 Å². The Morgan fingerprint density at radius 2 is 0.868 bits per heavy atom. The number of benzene rings is 9. The number of allylic oxidation sites excluding steroid dienone is 3. The molecule has 11 rings (SSSR count). The van der Waals surface area contributed by atoms with Crippen molar-refractivity contribution in [2.75, 3.05) is 9.80 Å². The molecule has 0 spiro atoms. The number of furan rings is 2. The highest BCUT2D eigenvalue weighted by molar-refractivity contribution is 6.28. The second-order valence-electron chi connectivity index (χ2n) is 18.7. The minimum atomic E-state index is 0.866. The summed E-state index contributed by atoms with van der Waals surface area (Å²) < 4.78 is 13.7. The lowest BCUT2D eigenvalue weighted by Gasteiger charge is -2.30. The van der Waals surface area contributed by atoms with Crippen LogP contribution in [0.25, 0.3) is 71.3 Å². The van der Waals surface area contributed by atoms with Gasteiger partial charge in [0.1, 0.15) is 11.3 Å². The third-order valence-corrected chi connectivity index (χ3v) is 14.2. The van der Waals surface area contributed by atoms with Gasteiger partial charge in [0.2, 0.25) is 0 Å². The molecule has 0 aliphatic heterocycles. The Kier molecular flexibility index (Phi) is 11.2. The normalized spacial score (nSPS) is 11.8. The first kappa shape index (κ1) is 44.3. The quantitative estimate of drug-likeness (QED) is 0.112. The summed E-state index contributed by atoms with van der Waals surface area (Å²) in [6.07, 6.45) is 6.44. The van der Waals surface area contributed by atoms with E-state index in [9.17, 15) is 0 Å². The van der Waals surface area contributed by atoms with Gasteiger partial charge in [-0.1, -0.05) is 117 Å². The summed E-state index contributed by atoms with van der Waals surface area (Å²) in [4.78, 5) is 4.86. The molecule has 0 aliphatic rings. The van der Waals surface area contributed by atoms with E-state index in [1.807, 2.05) is 13.8 Å². The molecule has 4 heteroatoms. The van der Waals surface area contributed by atoms with Crippen molar-refractivity contribution in [2.24, 2.45) is 0 Å². The predicted octanol–water partition coefficient (Wildman–Crippen LogP) is 19.6. The van der Waals surface area contributed by atoms with Gasteiger partial charge in [-0.05, 0) is 178 Å². The van der Waals surface area contributed by atoms with Crippen molar-refractivity contribution < 1.29 is 8.83 Å². The van der Waals surface area contributed by atoms with E-state index in [2.05, 4.69) is 225 Å². The molecule has 0 bridgehead atoms. The summed E-state index contributed by atoms with van der Waals surface area (Å²) in [6.45, 7) is 25.7. The van der Waals surface area contributed by atoms with Crippen LogP contribution in [0.3, 0.4) is 0 Å². The molecule has 2 aromatic heterocycles. The molecule has 0 N–H and O–H groups in total. The van der Waals surface area contributed by atoms with Crippen molar-refractivity contribution in [2.45, 2.75) is 83.1 Å². The zero-order valence-corrected chi connectivity index (χ0v) is 41.6. The summed E-state index contributed by atoms with van der Waals surface area (Å²) >= 11 is 0. The Bertz CT molecular complexity index is 3790. The van der Waals surface area contributed by atoms with Gasteiger partial charge in [-0.3, -0.25) is 0 Å². The molecule has 0 amide bonds. The summed E-state index contributed by atoms with van der Waals surface area (Å²) in [5, 5.41) is 10.5. The molecule has 4 nitrogen and oxygen atoms in total. The third-order valence-electron chi connectivity index (χ3n) is 14.2. The van der Waals surface area contributed by atoms with Gasteiger partial charge in [-0.2, -0.15) is 0 Å². The molecule has 68 heavy (non-hydrogen) atoms. The van der Waals surface area contributed by atoms with Crippen molar-refractivity contribution >= 4 is 105 Å². The third kappa shape index (κ3) is 7.13. The van der Waals surface area contributed by atoms with Gasteiger partial charge in [-0.25, -0.2) is 0 Å². The van der Waals surface area contributed by atoms with Gasteiger partial charge < -0.3 is 18.6 Å². The van der Waals surface area contributed by atoms with Crippen LogP contribution in [-0.4, -0.2) is 0 Å². The number of hydrogen-bond acceptors (Lipinski definition) is 4. The topological polar surface area (TPSA) is 32.8 Å². The second kappa shape index (κ2) is 17.3. The summed E-state index contributed by atoms with van der Waals surface area (Å²) in [5.41, 5.74) is 20.2. The highest BCUT2D eigenvalue weighted by Gasteiger charge is 2.26. The average Bonchev–Trinajstić information content (AvgIpc) is 3.89. The average molecular weight is 889 g/mol. The van der Waals surface area contributed by atoms with Gasteiger partial charge >= 0.3 is 0 Å². The Labute approximate surface area is 400 Å². The maximum atomic E-state index is 6.90. The van der Waals surface area contributed by atoms with E-state index in [1.54, 1.807) is 0 Å². The van der Waals surface area contributed by atoms with Crippen LogP contribution in [0.15, 0.2) is 154 Å². The van der Waals surface area contributed by atoms with E-state index in [-0.39, 0.29) is 0 Å². The lowest BCUT2D eigenvalue weighted by atomic mass is 9.91. The molecule has 9 aromatic carbocycles. The second-order valence-corrected chi connectivity index (χ2v) is 18.7. The first-order chi connectivity index (χ1) is 32.9. The SMILES string of the molecule is CC.CC(C)=C/C=C\c1c(C)oc2c(N(c3cc(C)c(C)c(C)c3)c3ccc4ccc5c(N(c6cc(C)c(C)c(C)c6)c6cccc7c6oc6c(C)cccc67)ccc6ccc3c4c65)cccc12. The van der Waals surface area contributed by atoms with E-state index >= 15 is 0 Å². The molecule has 0 radical (unpaired) electrons. The highest BCUT2D eigenvalue weighted by Crippen LogP contribution is 2.51. The molecule has 2 heterocycles. The van der Waals surface area contributed by atoms with Gasteiger partial charge in [0.25, 0.3) is 0 Å². The molecule has 0 aliphatic carbocycles. The molecule has 0 saturated heterocycles. The molecular weight excluding hydrogens is 829 g/mol. The van der Waals surface area contributed by atoms with Crippen LogP contribution in [0.4, 0.5) is 34.1 Å². The zero-order valence-electron chi connectivity index (χ0n) is 41.6. The molecule has 0 unspecified atom stereocenters. The molecule has 0 saturated carbocycles. The van der Waals surface area contributed by atoms with Gasteiger partial charge in [0.05, 0.1) is 22.7 Å². The highest BCUT2D eigenvalue weighted by atomic mass is 16.3. The monoisotopic (exact) mass is 888 g/mol. The van der Waals surface area contributed by atoms with Crippen molar-refractivity contribution in [1.29, 1.82) is 0 Å². The lowest BCUT2D eigenvalue weighted by molar-refractivity contribution is 0.578. The van der Waals surface area contributed by atoms with Crippen LogP contribution in [0.2, 0.25) is 0 Å². The van der Waals surface area contributed by atoms with Gasteiger partial charge in [0, 0.05) is 43.9 Å². The molecule has 11 aromatic rings. The van der Waals surface area contributed by atoms with Crippen LogP contribution in [0.1, 0.15) is 78.0 Å². The first-order valence-corrected chi connectivity index (χ1v) is 24.1. The minimum absolute atomic E-state index is 0.866. The number of fused-ring (bicyclic) bond motifs is 4. The number of aryl methyl sites for hydroxylation is 6. The maximum Gasteiger partial charge on any atom is 0.159 e. The summed E-state index contributed by atoms with van der Waals surface area (Å²) in [5.74, 6) is 0.895. The molecule has 0 atom stereocenters. The van der Waals surface area contributed by atoms with Crippen LogP contribution in [0.5, 0.6) is 0 Å². The standard InChI is InChI=1S/C62H54N2O2.C2H6/c1-35(2)15-11-17-48-43(10)65-61-49(48)19-13-21-56(61)63(46-31-37(4)41(8)38(5)32-46)54-29-25-44-24-28-53-55(30-26-45-23-27-52(54)58(44)59(45)53)64(47-33-39(6)42(9)40(7)34-47)57-22-14-20-51-50-18-12-16-36(3)60(50)66-62(51)57;1-2/h11-34H,1-10H3;1-2H3/b17-11-;. The van der Waals surface area contributed by atoms with Crippen molar-refractivity contribution in [3.63, 3.8) is 0 Å². The fraction of sp³-hybridized carbons (Fsp3) is 0.188. The Balaban J connectivity index is 0.00000266. The van der Waals surface area contributed by atoms with Crippen LogP contribution in [0, 0.1) is 55.4 Å². The van der Waals surface area contributed by atoms with E-state index in [4.69, 9.17) is 8.83 Å². The van der Waals surface area contributed by atoms with Crippen molar-refractivity contribution in [3.05, 3.63) is 195 Å². The Morgan fingerprint density at radius 1 is 0.426 bits per heavy atom. The Morgan fingerprint density at radius 3 is 1.37 bits per heavy atom. The van der Waals surface area contributed by atoms with E-state index < -0.39 is 0 Å². The van der Waals surface area contributed by atoms with Crippen LogP contribution >= 0.6 is 0 Å². The number of anilines is 6. The molecular formula is C64H60N2O2. The van der Waals surface area contributed by atoms with E-state index in [0.717, 1.165) is 83.9 Å². The number of para-hydroxylation sites is 3. The first-order valence-electron chi connectivity index (χ1n) is 24.1.